The van der Waals surface area contributed by atoms with Gasteiger partial charge in [-0.15, -0.1) is 0 Å². The predicted octanol–water partition coefficient (Wildman–Crippen LogP) is 7.34. The number of hydrogen-bond acceptors (Lipinski definition) is 3. The molecular formula is C25H43NO2. The summed E-state index contributed by atoms with van der Waals surface area (Å²) in [6, 6.07) is 2.58. The maximum absolute atomic E-state index is 12.6. The first kappa shape index (κ1) is 23.2. The number of carbonyl (C=O) groups excluding carboxylic acids is 1. The standard InChI is InChI=1S/C25H43NO2/c1-3-5-7-8-9-10-21-11-13-22(14-12-21)24(27)28-23-15-18-25(20-26,19-16-23)17-6-4-2/h21-23H,3-19H2,1-2H3/t21-,22-,23-,25-. The van der Waals surface area contributed by atoms with Crippen LogP contribution in [0.25, 0.3) is 0 Å². The summed E-state index contributed by atoms with van der Waals surface area (Å²) in [4.78, 5) is 12.6. The first-order valence-corrected chi connectivity index (χ1v) is 12.2. The third-order valence-electron chi connectivity index (χ3n) is 7.31. The molecule has 28 heavy (non-hydrogen) atoms. The van der Waals surface area contributed by atoms with Crippen LogP contribution in [0.1, 0.15) is 123 Å². The second-order valence-electron chi connectivity index (χ2n) is 9.55. The Morgan fingerprint density at radius 3 is 2.18 bits per heavy atom. The van der Waals surface area contributed by atoms with Crippen LogP contribution in [0.3, 0.4) is 0 Å². The van der Waals surface area contributed by atoms with Crippen LogP contribution < -0.4 is 0 Å². The topological polar surface area (TPSA) is 50.1 Å². The molecule has 0 bridgehead atoms. The maximum atomic E-state index is 12.6. The second-order valence-corrected chi connectivity index (χ2v) is 9.55. The van der Waals surface area contributed by atoms with Crippen molar-refractivity contribution in [2.24, 2.45) is 17.3 Å². The minimum absolute atomic E-state index is 0.0458. The van der Waals surface area contributed by atoms with Crippen molar-refractivity contribution >= 4 is 5.97 Å². The lowest BCUT2D eigenvalue weighted by Crippen LogP contribution is -2.33. The third-order valence-corrected chi connectivity index (χ3v) is 7.31. The molecule has 0 amide bonds. The Morgan fingerprint density at radius 2 is 1.57 bits per heavy atom. The molecule has 0 N–H and O–H groups in total. The van der Waals surface area contributed by atoms with Gasteiger partial charge in [0.25, 0.3) is 0 Å². The molecule has 2 fully saturated rings. The van der Waals surface area contributed by atoms with E-state index in [1.807, 2.05) is 0 Å². The molecule has 0 aliphatic heterocycles. The van der Waals surface area contributed by atoms with E-state index in [1.54, 1.807) is 0 Å². The smallest absolute Gasteiger partial charge is 0.309 e. The summed E-state index contributed by atoms with van der Waals surface area (Å²) in [5.41, 5.74) is -0.159. The van der Waals surface area contributed by atoms with Gasteiger partial charge in [-0.3, -0.25) is 4.79 Å². The van der Waals surface area contributed by atoms with Crippen LogP contribution in [0.5, 0.6) is 0 Å². The molecule has 0 aromatic heterocycles. The highest BCUT2D eigenvalue weighted by molar-refractivity contribution is 5.72. The van der Waals surface area contributed by atoms with Crippen LogP contribution in [-0.4, -0.2) is 12.1 Å². The largest absolute Gasteiger partial charge is 0.462 e. The van der Waals surface area contributed by atoms with Gasteiger partial charge in [0.05, 0.1) is 17.4 Å². The van der Waals surface area contributed by atoms with Gasteiger partial charge in [0, 0.05) is 0 Å². The van der Waals surface area contributed by atoms with E-state index >= 15 is 0 Å². The number of hydrogen-bond donors (Lipinski definition) is 0. The molecule has 2 saturated carbocycles. The zero-order valence-corrected chi connectivity index (χ0v) is 18.5. The summed E-state index contributed by atoms with van der Waals surface area (Å²) < 4.78 is 5.89. The van der Waals surface area contributed by atoms with E-state index < -0.39 is 0 Å². The maximum Gasteiger partial charge on any atom is 0.309 e. The highest BCUT2D eigenvalue weighted by Crippen LogP contribution is 2.41. The van der Waals surface area contributed by atoms with E-state index in [-0.39, 0.29) is 23.4 Å². The van der Waals surface area contributed by atoms with E-state index in [0.717, 1.165) is 63.7 Å². The molecule has 2 aliphatic carbocycles. The van der Waals surface area contributed by atoms with Gasteiger partial charge in [-0.25, -0.2) is 0 Å². The Morgan fingerprint density at radius 1 is 0.929 bits per heavy atom. The SMILES string of the molecule is CCCCCCC[C@H]1CC[C@H](C(=O)O[C@H]2CC[C@@](C#N)(CCCC)CC2)CC1. The number of ether oxygens (including phenoxy) is 1. The monoisotopic (exact) mass is 389 g/mol. The fraction of sp³-hybridized carbons (Fsp3) is 0.920. The Kier molecular flexibility index (Phi) is 10.4. The van der Waals surface area contributed by atoms with Gasteiger partial charge in [-0.1, -0.05) is 65.2 Å². The van der Waals surface area contributed by atoms with Crippen molar-refractivity contribution in [2.75, 3.05) is 0 Å². The summed E-state index contributed by atoms with van der Waals surface area (Å²) in [5, 5.41) is 9.61. The first-order valence-electron chi connectivity index (χ1n) is 12.2. The van der Waals surface area contributed by atoms with E-state index in [9.17, 15) is 10.1 Å². The van der Waals surface area contributed by atoms with Crippen LogP contribution >= 0.6 is 0 Å². The molecule has 0 heterocycles. The van der Waals surface area contributed by atoms with Gasteiger partial charge in [-0.05, 0) is 63.7 Å². The van der Waals surface area contributed by atoms with Crippen LogP contribution in [-0.2, 0) is 9.53 Å². The van der Waals surface area contributed by atoms with Crippen LogP contribution in [0, 0.1) is 28.6 Å². The summed E-state index contributed by atoms with van der Waals surface area (Å²) >= 11 is 0. The molecule has 0 aromatic carbocycles. The molecule has 0 spiro atoms. The average molecular weight is 390 g/mol. The van der Waals surface area contributed by atoms with Crippen molar-refractivity contribution in [3.05, 3.63) is 0 Å². The molecular weight excluding hydrogens is 346 g/mol. The molecule has 160 valence electrons. The van der Waals surface area contributed by atoms with E-state index in [0.29, 0.717) is 0 Å². The zero-order chi connectivity index (χ0) is 20.2. The Bertz CT molecular complexity index is 479. The number of esters is 1. The number of carbonyl (C=O) groups is 1. The molecule has 2 aliphatic rings. The van der Waals surface area contributed by atoms with Crippen molar-refractivity contribution in [1.29, 1.82) is 5.26 Å². The quantitative estimate of drug-likeness (QED) is 0.274. The van der Waals surface area contributed by atoms with Crippen molar-refractivity contribution in [3.63, 3.8) is 0 Å². The summed E-state index contributed by atoms with van der Waals surface area (Å²) in [6.07, 6.45) is 19.4. The minimum Gasteiger partial charge on any atom is -0.462 e. The zero-order valence-electron chi connectivity index (χ0n) is 18.5. The van der Waals surface area contributed by atoms with E-state index in [1.165, 1.54) is 51.4 Å². The van der Waals surface area contributed by atoms with Crippen LogP contribution in [0.2, 0.25) is 0 Å². The van der Waals surface area contributed by atoms with Crippen molar-refractivity contribution in [3.8, 4) is 6.07 Å². The molecule has 3 heteroatoms. The molecule has 0 unspecified atom stereocenters. The Hall–Kier alpha value is -1.04. The lowest BCUT2D eigenvalue weighted by atomic mass is 9.71. The highest BCUT2D eigenvalue weighted by atomic mass is 16.5. The molecule has 0 radical (unpaired) electrons. The number of rotatable bonds is 11. The van der Waals surface area contributed by atoms with Crippen molar-refractivity contribution in [1.82, 2.24) is 0 Å². The lowest BCUT2D eigenvalue weighted by Gasteiger charge is -2.35. The number of nitrogens with zero attached hydrogens (tertiary/aromatic N) is 1. The van der Waals surface area contributed by atoms with Crippen LogP contribution in [0.15, 0.2) is 0 Å². The van der Waals surface area contributed by atoms with E-state index in [2.05, 4.69) is 19.9 Å². The van der Waals surface area contributed by atoms with Gasteiger partial charge < -0.3 is 4.74 Å². The van der Waals surface area contributed by atoms with Crippen molar-refractivity contribution in [2.45, 2.75) is 129 Å². The fourth-order valence-corrected chi connectivity index (χ4v) is 5.18. The van der Waals surface area contributed by atoms with Gasteiger partial charge in [-0.2, -0.15) is 5.26 Å². The molecule has 2 rings (SSSR count). The Balaban J connectivity index is 1.63. The summed E-state index contributed by atoms with van der Waals surface area (Å²) in [5.74, 6) is 0.999. The number of unbranched alkanes of at least 4 members (excludes halogenated alkanes) is 5. The van der Waals surface area contributed by atoms with Gasteiger partial charge in [0.2, 0.25) is 0 Å². The average Bonchev–Trinajstić information content (AvgIpc) is 2.74. The lowest BCUT2D eigenvalue weighted by molar-refractivity contribution is -0.158. The second kappa shape index (κ2) is 12.5. The highest BCUT2D eigenvalue weighted by Gasteiger charge is 2.37. The summed E-state index contributed by atoms with van der Waals surface area (Å²) in [6.45, 7) is 4.44. The van der Waals surface area contributed by atoms with Gasteiger partial charge in [0.1, 0.15) is 6.10 Å². The first-order chi connectivity index (χ1) is 13.6. The predicted molar refractivity (Wildman–Crippen MR) is 115 cm³/mol. The number of nitriles is 1. The molecule has 0 atom stereocenters. The third kappa shape index (κ3) is 7.41. The molecule has 0 aromatic rings. The molecule has 0 saturated heterocycles. The molecule has 3 nitrogen and oxygen atoms in total. The van der Waals surface area contributed by atoms with E-state index in [4.69, 9.17) is 4.74 Å². The van der Waals surface area contributed by atoms with Crippen molar-refractivity contribution < 1.29 is 9.53 Å². The van der Waals surface area contributed by atoms with Gasteiger partial charge >= 0.3 is 5.97 Å². The fourth-order valence-electron chi connectivity index (χ4n) is 5.18. The Labute approximate surface area is 173 Å². The van der Waals surface area contributed by atoms with Gasteiger partial charge in [0.15, 0.2) is 0 Å². The minimum atomic E-state index is -0.159. The van der Waals surface area contributed by atoms with Crippen LogP contribution in [0.4, 0.5) is 0 Å². The summed E-state index contributed by atoms with van der Waals surface area (Å²) in [7, 11) is 0. The normalized spacial score (nSPS) is 30.5.